The van der Waals surface area contributed by atoms with Crippen LogP contribution in [0.4, 0.5) is 5.82 Å². The Morgan fingerprint density at radius 2 is 2.09 bits per heavy atom. The molecule has 0 saturated carbocycles. The van der Waals surface area contributed by atoms with Crippen molar-refractivity contribution >= 4 is 16.9 Å². The number of aromatic nitrogens is 4. The molecular formula is C16H25N5O. The molecule has 1 fully saturated rings. The molecule has 6 nitrogen and oxygen atoms in total. The maximum atomic E-state index is 9.58. The van der Waals surface area contributed by atoms with E-state index in [-0.39, 0.29) is 6.10 Å². The molecule has 0 aromatic carbocycles. The van der Waals surface area contributed by atoms with Gasteiger partial charge in [0.1, 0.15) is 12.1 Å². The molecule has 0 radical (unpaired) electrons. The molecule has 1 aliphatic heterocycles. The molecular weight excluding hydrogens is 278 g/mol. The van der Waals surface area contributed by atoms with Crippen LogP contribution < -0.4 is 4.90 Å². The molecule has 0 atom stereocenters. The average molecular weight is 303 g/mol. The molecule has 1 saturated heterocycles. The number of aryl methyl sites for hydroxylation is 1. The highest BCUT2D eigenvalue weighted by molar-refractivity contribution is 5.90. The van der Waals surface area contributed by atoms with Crippen molar-refractivity contribution in [2.75, 3.05) is 18.0 Å². The van der Waals surface area contributed by atoms with Crippen LogP contribution in [0, 0.1) is 5.92 Å². The Morgan fingerprint density at radius 1 is 1.32 bits per heavy atom. The molecule has 0 amide bonds. The summed E-state index contributed by atoms with van der Waals surface area (Å²) >= 11 is 0. The van der Waals surface area contributed by atoms with Crippen molar-refractivity contribution in [1.29, 1.82) is 0 Å². The molecule has 2 aromatic heterocycles. The Labute approximate surface area is 131 Å². The summed E-state index contributed by atoms with van der Waals surface area (Å²) in [4.78, 5) is 11.1. The number of hydrogen-bond donors (Lipinski definition) is 1. The van der Waals surface area contributed by atoms with Crippen LogP contribution in [0.25, 0.3) is 11.0 Å². The normalized spacial score (nSPS) is 15.8. The fraction of sp³-hybridized carbons (Fsp3) is 0.688. The van der Waals surface area contributed by atoms with E-state index in [9.17, 15) is 5.11 Å². The third kappa shape index (κ3) is 2.79. The van der Waals surface area contributed by atoms with Gasteiger partial charge in [0.2, 0.25) is 0 Å². The number of unbranched alkanes of at least 4 members (excludes halogenated alkanes) is 1. The van der Waals surface area contributed by atoms with Gasteiger partial charge in [-0.1, -0.05) is 27.2 Å². The van der Waals surface area contributed by atoms with E-state index < -0.39 is 0 Å². The summed E-state index contributed by atoms with van der Waals surface area (Å²) in [5, 5.41) is 15.5. The lowest BCUT2D eigenvalue weighted by molar-refractivity contribution is 0.141. The number of hydrogen-bond acceptors (Lipinski definition) is 5. The summed E-state index contributed by atoms with van der Waals surface area (Å²) in [6.07, 6.45) is 4.53. The largest absolute Gasteiger partial charge is 0.389 e. The minimum atomic E-state index is -0.242. The van der Waals surface area contributed by atoms with Crippen molar-refractivity contribution in [3.8, 4) is 0 Å². The zero-order valence-corrected chi connectivity index (χ0v) is 13.7. The lowest BCUT2D eigenvalue weighted by atomic mass is 10.1. The number of fused-ring (bicyclic) bond motifs is 1. The first-order chi connectivity index (χ1) is 10.6. The minimum Gasteiger partial charge on any atom is -0.389 e. The molecule has 22 heavy (non-hydrogen) atoms. The van der Waals surface area contributed by atoms with Gasteiger partial charge in [-0.25, -0.2) is 14.6 Å². The summed E-state index contributed by atoms with van der Waals surface area (Å²) < 4.78 is 2.03. The van der Waals surface area contributed by atoms with Gasteiger partial charge in [-0.15, -0.1) is 0 Å². The highest BCUT2D eigenvalue weighted by Gasteiger charge is 2.29. The van der Waals surface area contributed by atoms with E-state index in [0.717, 1.165) is 48.4 Å². The molecule has 6 heteroatoms. The summed E-state index contributed by atoms with van der Waals surface area (Å²) in [7, 11) is 0. The molecule has 0 spiro atoms. The van der Waals surface area contributed by atoms with E-state index >= 15 is 0 Å². The van der Waals surface area contributed by atoms with Crippen molar-refractivity contribution < 1.29 is 5.11 Å². The summed E-state index contributed by atoms with van der Waals surface area (Å²) in [6.45, 7) is 8.77. The Morgan fingerprint density at radius 3 is 2.73 bits per heavy atom. The third-order valence-electron chi connectivity index (χ3n) is 4.07. The highest BCUT2D eigenvalue weighted by Crippen LogP contribution is 2.30. The quantitative estimate of drug-likeness (QED) is 0.884. The van der Waals surface area contributed by atoms with E-state index in [2.05, 4.69) is 35.6 Å². The van der Waals surface area contributed by atoms with Crippen LogP contribution in [0.15, 0.2) is 6.33 Å². The van der Waals surface area contributed by atoms with Gasteiger partial charge in [0.15, 0.2) is 5.65 Å². The van der Waals surface area contributed by atoms with Gasteiger partial charge in [0, 0.05) is 19.6 Å². The summed E-state index contributed by atoms with van der Waals surface area (Å²) in [5.74, 6) is 1.46. The van der Waals surface area contributed by atoms with Crippen LogP contribution >= 0.6 is 0 Å². The van der Waals surface area contributed by atoms with Crippen LogP contribution in [-0.2, 0) is 13.0 Å². The molecule has 3 rings (SSSR count). The Balaban J connectivity index is 2.05. The molecule has 120 valence electrons. The monoisotopic (exact) mass is 303 g/mol. The van der Waals surface area contributed by atoms with Crippen molar-refractivity contribution in [2.24, 2.45) is 5.92 Å². The van der Waals surface area contributed by atoms with E-state index in [1.54, 1.807) is 6.33 Å². The van der Waals surface area contributed by atoms with Crippen molar-refractivity contribution in [2.45, 2.75) is 52.7 Å². The summed E-state index contributed by atoms with van der Waals surface area (Å²) in [6, 6.07) is 0. The second-order valence-corrected chi connectivity index (χ2v) is 6.58. The Bertz CT molecular complexity index is 645. The fourth-order valence-electron chi connectivity index (χ4n) is 2.93. The SMILES string of the molecule is CCCCn1nc(CC(C)C)c2c(N3CC(O)C3)ncnc21. The molecule has 0 aliphatic carbocycles. The van der Waals surface area contributed by atoms with Crippen molar-refractivity contribution in [3.05, 3.63) is 12.0 Å². The van der Waals surface area contributed by atoms with Gasteiger partial charge in [-0.3, -0.25) is 0 Å². The van der Waals surface area contributed by atoms with Crippen LogP contribution in [0.5, 0.6) is 0 Å². The number of anilines is 1. The van der Waals surface area contributed by atoms with Gasteiger partial charge in [0.25, 0.3) is 0 Å². The van der Waals surface area contributed by atoms with Crippen LogP contribution in [0.1, 0.15) is 39.3 Å². The standard InChI is InChI=1S/C16H25N5O/c1-4-5-6-21-16-14(13(19-21)7-11(2)3)15(17-10-18-16)20-8-12(22)9-20/h10-12,22H,4-9H2,1-3H3. The van der Waals surface area contributed by atoms with Crippen molar-refractivity contribution in [1.82, 2.24) is 19.7 Å². The first-order valence-corrected chi connectivity index (χ1v) is 8.23. The van der Waals surface area contributed by atoms with E-state index in [1.165, 1.54) is 0 Å². The second-order valence-electron chi connectivity index (χ2n) is 6.58. The van der Waals surface area contributed by atoms with Gasteiger partial charge >= 0.3 is 0 Å². The maximum absolute atomic E-state index is 9.58. The smallest absolute Gasteiger partial charge is 0.163 e. The van der Waals surface area contributed by atoms with Crippen molar-refractivity contribution in [3.63, 3.8) is 0 Å². The summed E-state index contributed by atoms with van der Waals surface area (Å²) in [5.41, 5.74) is 2.01. The van der Waals surface area contributed by atoms with Gasteiger partial charge < -0.3 is 10.0 Å². The number of nitrogens with zero attached hydrogens (tertiary/aromatic N) is 5. The van der Waals surface area contributed by atoms with Crippen LogP contribution in [-0.4, -0.2) is 44.0 Å². The van der Waals surface area contributed by atoms with Crippen LogP contribution in [0.3, 0.4) is 0 Å². The lowest BCUT2D eigenvalue weighted by Crippen LogP contribution is -2.51. The van der Waals surface area contributed by atoms with Gasteiger partial charge in [-0.2, -0.15) is 5.10 Å². The van der Waals surface area contributed by atoms with Gasteiger partial charge in [0.05, 0.1) is 17.2 Å². The second kappa shape index (κ2) is 6.20. The molecule has 1 N–H and O–H groups in total. The molecule has 0 bridgehead atoms. The predicted molar refractivity (Wildman–Crippen MR) is 87.0 cm³/mol. The molecule has 1 aliphatic rings. The topological polar surface area (TPSA) is 67.1 Å². The fourth-order valence-corrected chi connectivity index (χ4v) is 2.93. The van der Waals surface area contributed by atoms with Crippen LogP contribution in [0.2, 0.25) is 0 Å². The molecule has 0 unspecified atom stereocenters. The highest BCUT2D eigenvalue weighted by atomic mass is 16.3. The first kappa shape index (κ1) is 15.2. The average Bonchev–Trinajstić information content (AvgIpc) is 2.79. The van der Waals surface area contributed by atoms with E-state index in [0.29, 0.717) is 19.0 Å². The number of aliphatic hydroxyl groups excluding tert-OH is 1. The molecule has 3 heterocycles. The maximum Gasteiger partial charge on any atom is 0.163 e. The predicted octanol–water partition coefficient (Wildman–Crippen LogP) is 2.01. The first-order valence-electron chi connectivity index (χ1n) is 8.23. The zero-order valence-electron chi connectivity index (χ0n) is 13.7. The molecule has 2 aromatic rings. The Kier molecular flexibility index (Phi) is 4.29. The van der Waals surface area contributed by atoms with Gasteiger partial charge in [-0.05, 0) is 18.8 Å². The lowest BCUT2D eigenvalue weighted by Gasteiger charge is -2.37. The zero-order chi connectivity index (χ0) is 15.7. The minimum absolute atomic E-state index is 0.242. The number of aliphatic hydroxyl groups is 1. The van der Waals surface area contributed by atoms with E-state index in [1.807, 2.05) is 4.68 Å². The number of β-amino-alcohol motifs (C(OH)–C–C–N with tert-alkyl or cyclic N) is 1. The number of rotatable bonds is 6. The van der Waals surface area contributed by atoms with E-state index in [4.69, 9.17) is 5.10 Å². The third-order valence-corrected chi connectivity index (χ3v) is 4.07. The Hall–Kier alpha value is -1.69.